The van der Waals surface area contributed by atoms with E-state index in [1.54, 1.807) is 17.0 Å². The minimum Gasteiger partial charge on any atom is -0.369 e. The molecule has 1 fully saturated rings. The van der Waals surface area contributed by atoms with Crippen molar-refractivity contribution >= 4 is 42.1 Å². The molecule has 0 aromatic heterocycles. The van der Waals surface area contributed by atoms with Gasteiger partial charge in [-0.1, -0.05) is 26.0 Å². The number of halogens is 3. The van der Waals surface area contributed by atoms with Crippen LogP contribution in [0.2, 0.25) is 0 Å². The number of hydrogen-bond acceptors (Lipinski definition) is 3. The van der Waals surface area contributed by atoms with Crippen molar-refractivity contribution in [3.63, 3.8) is 0 Å². The van der Waals surface area contributed by atoms with Crippen LogP contribution in [0.3, 0.4) is 0 Å². The molecule has 0 heterocycles. The third-order valence-electron chi connectivity index (χ3n) is 5.70. The molecule has 1 N–H and O–H groups in total. The summed E-state index contributed by atoms with van der Waals surface area (Å²) in [6.07, 6.45) is 3.28. The van der Waals surface area contributed by atoms with Gasteiger partial charge in [-0.05, 0) is 81.1 Å². The Labute approximate surface area is 204 Å². The zero-order valence-corrected chi connectivity index (χ0v) is 21.0. The number of nitrogens with one attached hydrogen (secondary N) is 1. The first kappa shape index (κ1) is 28.2. The zero-order valence-electron chi connectivity index (χ0n) is 19.4. The molecule has 2 aromatic rings. The van der Waals surface area contributed by atoms with Gasteiger partial charge < -0.3 is 15.1 Å². The second-order valence-electron chi connectivity index (χ2n) is 8.56. The minimum atomic E-state index is -0.303. The Kier molecular flexibility index (Phi) is 11.5. The maximum absolute atomic E-state index is 13.5. The largest absolute Gasteiger partial charge is 0.369 e. The number of carbonyl (C=O) groups excluding carboxylic acids is 1. The first-order valence-electron chi connectivity index (χ1n) is 11.0. The van der Waals surface area contributed by atoms with E-state index < -0.39 is 0 Å². The van der Waals surface area contributed by atoms with Crippen LogP contribution < -0.4 is 15.1 Å². The van der Waals surface area contributed by atoms with Crippen LogP contribution >= 0.6 is 24.8 Å². The van der Waals surface area contributed by atoms with Crippen molar-refractivity contribution in [3.8, 4) is 0 Å². The topological polar surface area (TPSA) is 35.6 Å². The van der Waals surface area contributed by atoms with E-state index in [9.17, 15) is 9.18 Å². The average molecular weight is 484 g/mol. The maximum Gasteiger partial charge on any atom is 0.244 e. The van der Waals surface area contributed by atoms with Crippen molar-refractivity contribution in [1.82, 2.24) is 5.32 Å². The van der Waals surface area contributed by atoms with Crippen LogP contribution in [0.4, 0.5) is 15.8 Å². The molecule has 1 atom stereocenters. The molecule has 0 saturated heterocycles. The molecule has 2 aromatic carbocycles. The van der Waals surface area contributed by atoms with Gasteiger partial charge in [0.05, 0.1) is 12.6 Å². The molecule has 3 rings (SSSR count). The molecule has 0 bridgehead atoms. The summed E-state index contributed by atoms with van der Waals surface area (Å²) < 4.78 is 13.5. The van der Waals surface area contributed by atoms with E-state index in [1.807, 2.05) is 7.05 Å². The van der Waals surface area contributed by atoms with E-state index in [0.29, 0.717) is 24.2 Å². The Hall–Kier alpha value is -1.82. The lowest BCUT2D eigenvalue weighted by molar-refractivity contribution is -0.121. The highest BCUT2D eigenvalue weighted by Crippen LogP contribution is 2.31. The second kappa shape index (κ2) is 13.0. The molecule has 1 unspecified atom stereocenters. The van der Waals surface area contributed by atoms with Crippen LogP contribution in [0.25, 0.3) is 0 Å². The summed E-state index contributed by atoms with van der Waals surface area (Å²) in [5.74, 6) is 0.0980. The van der Waals surface area contributed by atoms with E-state index in [0.717, 1.165) is 18.5 Å². The molecule has 1 saturated carbocycles. The predicted molar refractivity (Wildman–Crippen MR) is 137 cm³/mol. The van der Waals surface area contributed by atoms with Crippen molar-refractivity contribution in [2.24, 2.45) is 5.92 Å². The van der Waals surface area contributed by atoms with Crippen LogP contribution in [-0.2, 0) is 11.3 Å². The van der Waals surface area contributed by atoms with E-state index in [4.69, 9.17) is 0 Å². The third-order valence-corrected chi connectivity index (χ3v) is 5.70. The van der Waals surface area contributed by atoms with Crippen LogP contribution in [0.5, 0.6) is 0 Å². The van der Waals surface area contributed by atoms with Gasteiger partial charge in [-0.15, -0.1) is 24.8 Å². The van der Waals surface area contributed by atoms with Crippen LogP contribution in [-0.4, -0.2) is 31.6 Å². The highest BCUT2D eigenvalue weighted by atomic mass is 35.5. The molecule has 0 spiro atoms. The zero-order chi connectivity index (χ0) is 21.7. The number of benzene rings is 2. The molecule has 32 heavy (non-hydrogen) atoms. The highest BCUT2D eigenvalue weighted by Gasteiger charge is 2.28. The lowest BCUT2D eigenvalue weighted by atomic mass is 10.0. The third kappa shape index (κ3) is 7.36. The fourth-order valence-corrected chi connectivity index (χ4v) is 3.93. The molecule has 1 amide bonds. The summed E-state index contributed by atoms with van der Waals surface area (Å²) >= 11 is 0. The Morgan fingerprint density at radius 3 is 2.06 bits per heavy atom. The van der Waals surface area contributed by atoms with Crippen molar-refractivity contribution in [2.75, 3.05) is 23.4 Å². The summed E-state index contributed by atoms with van der Waals surface area (Å²) in [5, 5.41) is 3.16. The van der Waals surface area contributed by atoms with Gasteiger partial charge in [0, 0.05) is 24.0 Å². The molecular weight excluding hydrogens is 448 g/mol. The van der Waals surface area contributed by atoms with Gasteiger partial charge in [-0.3, -0.25) is 4.79 Å². The molecule has 1 aliphatic carbocycles. The van der Waals surface area contributed by atoms with E-state index >= 15 is 0 Å². The second-order valence-corrected chi connectivity index (χ2v) is 8.56. The van der Waals surface area contributed by atoms with Crippen LogP contribution in [0.1, 0.15) is 45.6 Å². The molecule has 1 aliphatic rings. The monoisotopic (exact) mass is 483 g/mol. The fourth-order valence-electron chi connectivity index (χ4n) is 3.93. The number of nitrogens with zero attached hydrogens (tertiary/aromatic N) is 2. The van der Waals surface area contributed by atoms with Gasteiger partial charge in [0.25, 0.3) is 0 Å². The van der Waals surface area contributed by atoms with Crippen LogP contribution in [0, 0.1) is 11.7 Å². The first-order valence-corrected chi connectivity index (χ1v) is 11.0. The first-order chi connectivity index (χ1) is 14.4. The number of hydrogen-bond donors (Lipinski definition) is 1. The average Bonchev–Trinajstić information content (AvgIpc) is 3.57. The summed E-state index contributed by atoms with van der Waals surface area (Å²) in [4.78, 5) is 17.6. The van der Waals surface area contributed by atoms with E-state index in [-0.39, 0.29) is 42.6 Å². The SMILES string of the molecule is CCN(c1ccc(CN(C(=O)C(CC(C)C)NC)c2ccc(F)cc2)cc1)C1CC1.Cl.Cl. The highest BCUT2D eigenvalue weighted by molar-refractivity contribution is 5.97. The van der Waals surface area contributed by atoms with Crippen molar-refractivity contribution in [2.45, 2.75) is 58.7 Å². The van der Waals surface area contributed by atoms with Crippen LogP contribution in [0.15, 0.2) is 48.5 Å². The summed E-state index contributed by atoms with van der Waals surface area (Å²) in [6.45, 7) is 7.86. The molecule has 0 radical (unpaired) electrons. The smallest absolute Gasteiger partial charge is 0.244 e. The molecule has 178 valence electrons. The number of likely N-dealkylation sites (N-methyl/N-ethyl adjacent to an activating group) is 1. The summed E-state index contributed by atoms with van der Waals surface area (Å²) in [7, 11) is 1.82. The van der Waals surface area contributed by atoms with Crippen molar-refractivity contribution in [1.29, 1.82) is 0 Å². The van der Waals surface area contributed by atoms with Gasteiger partial charge in [0.2, 0.25) is 5.91 Å². The normalized spacial score (nSPS) is 13.7. The van der Waals surface area contributed by atoms with Gasteiger partial charge in [0.15, 0.2) is 0 Å². The molecular formula is C25H36Cl2FN3O. The lowest BCUT2D eigenvalue weighted by Crippen LogP contribution is -2.46. The number of amides is 1. The fraction of sp³-hybridized carbons (Fsp3) is 0.480. The molecule has 7 heteroatoms. The van der Waals surface area contributed by atoms with E-state index in [1.165, 1.54) is 30.7 Å². The van der Waals surface area contributed by atoms with Gasteiger partial charge in [-0.2, -0.15) is 0 Å². The number of rotatable bonds is 10. The van der Waals surface area contributed by atoms with Crippen molar-refractivity contribution in [3.05, 3.63) is 59.9 Å². The number of carbonyl (C=O) groups is 1. The Bertz CT molecular complexity index is 826. The van der Waals surface area contributed by atoms with Gasteiger partial charge in [-0.25, -0.2) is 4.39 Å². The number of anilines is 2. The molecule has 4 nitrogen and oxygen atoms in total. The molecule has 0 aliphatic heterocycles. The van der Waals surface area contributed by atoms with Gasteiger partial charge >= 0.3 is 0 Å². The standard InChI is InChI=1S/C25H34FN3O.2ClH/c1-5-28(22-14-15-22)21-10-6-19(7-11-21)17-29(23-12-8-20(26)9-13-23)25(30)24(27-4)16-18(2)3;;/h6-13,18,22,24,27H,5,14-17H2,1-4H3;2*1H. The maximum atomic E-state index is 13.5. The van der Waals surface area contributed by atoms with Gasteiger partial charge in [0.1, 0.15) is 5.82 Å². The predicted octanol–water partition coefficient (Wildman–Crippen LogP) is 5.83. The quantitative estimate of drug-likeness (QED) is 0.461. The minimum absolute atomic E-state index is 0. The summed E-state index contributed by atoms with van der Waals surface area (Å²) in [5.41, 5.74) is 3.00. The Balaban J connectivity index is 0.00000256. The van der Waals surface area contributed by atoms with E-state index in [2.05, 4.69) is 55.3 Å². The Morgan fingerprint density at radius 1 is 1.03 bits per heavy atom. The summed E-state index contributed by atoms with van der Waals surface area (Å²) in [6, 6.07) is 15.1. The Morgan fingerprint density at radius 2 is 1.59 bits per heavy atom. The lowest BCUT2D eigenvalue weighted by Gasteiger charge is -2.29. The van der Waals surface area contributed by atoms with Crippen molar-refractivity contribution < 1.29 is 9.18 Å².